The molecule has 1 aromatic carbocycles. The lowest BCUT2D eigenvalue weighted by Crippen LogP contribution is -2.49. The zero-order chi connectivity index (χ0) is 17.2. The smallest absolute Gasteiger partial charge is 0.191 e. The molecule has 0 amide bonds. The van der Waals surface area contributed by atoms with Gasteiger partial charge in [0.15, 0.2) is 5.96 Å². The molecule has 0 spiro atoms. The maximum absolute atomic E-state index is 12.2. The van der Waals surface area contributed by atoms with Crippen LogP contribution in [0, 0.1) is 0 Å². The van der Waals surface area contributed by atoms with Gasteiger partial charge in [-0.3, -0.25) is 9.20 Å². The Labute approximate surface area is 171 Å². The summed E-state index contributed by atoms with van der Waals surface area (Å²) in [5.74, 6) is 1.40. The van der Waals surface area contributed by atoms with Gasteiger partial charge in [-0.25, -0.2) is 0 Å². The maximum Gasteiger partial charge on any atom is 0.191 e. The van der Waals surface area contributed by atoms with Gasteiger partial charge in [-0.05, 0) is 37.9 Å². The van der Waals surface area contributed by atoms with Crippen molar-refractivity contribution in [1.82, 2.24) is 15.5 Å². The summed E-state index contributed by atoms with van der Waals surface area (Å²) < 4.78 is 12.2. The number of benzene rings is 1. The van der Waals surface area contributed by atoms with Crippen molar-refractivity contribution in [3.63, 3.8) is 0 Å². The molecule has 2 N–H and O–H groups in total. The number of nitrogens with one attached hydrogen (secondary N) is 2. The SMILES string of the molecule is CCCN1CCC(NC(=NC)NCCS(=O)c2ccccc2)CC1.I. The molecule has 5 nitrogen and oxygen atoms in total. The number of aliphatic imine (C=N–C) groups is 1. The molecule has 1 unspecified atom stereocenters. The second-order valence-corrected chi connectivity index (χ2v) is 7.69. The summed E-state index contributed by atoms with van der Waals surface area (Å²) in [7, 11) is 0.820. The number of guanidine groups is 1. The van der Waals surface area contributed by atoms with Crippen molar-refractivity contribution < 1.29 is 4.21 Å². The first-order chi connectivity index (χ1) is 11.7. The number of hydrogen-bond donors (Lipinski definition) is 2. The van der Waals surface area contributed by atoms with Gasteiger partial charge in [0.1, 0.15) is 0 Å². The summed E-state index contributed by atoms with van der Waals surface area (Å²) in [6, 6.07) is 10.1. The van der Waals surface area contributed by atoms with E-state index in [0.717, 1.165) is 36.8 Å². The van der Waals surface area contributed by atoms with Crippen LogP contribution in [0.3, 0.4) is 0 Å². The fourth-order valence-electron chi connectivity index (χ4n) is 2.96. The van der Waals surface area contributed by atoms with Gasteiger partial charge in [-0.1, -0.05) is 25.1 Å². The quantitative estimate of drug-likeness (QED) is 0.359. The van der Waals surface area contributed by atoms with Crippen LogP contribution in [0.4, 0.5) is 0 Å². The van der Waals surface area contributed by atoms with Gasteiger partial charge in [0.2, 0.25) is 0 Å². The van der Waals surface area contributed by atoms with Gasteiger partial charge in [0.05, 0.1) is 10.8 Å². The lowest BCUT2D eigenvalue weighted by Gasteiger charge is -2.32. The predicted molar refractivity (Wildman–Crippen MR) is 117 cm³/mol. The highest BCUT2D eigenvalue weighted by Crippen LogP contribution is 2.10. The Morgan fingerprint density at radius 2 is 1.96 bits per heavy atom. The lowest BCUT2D eigenvalue weighted by molar-refractivity contribution is 0.206. The van der Waals surface area contributed by atoms with Crippen LogP contribution in [0.1, 0.15) is 26.2 Å². The first-order valence-corrected chi connectivity index (χ1v) is 10.2. The monoisotopic (exact) mass is 478 g/mol. The Morgan fingerprint density at radius 3 is 2.56 bits per heavy atom. The third-order valence-electron chi connectivity index (χ3n) is 4.28. The van der Waals surface area contributed by atoms with Crippen molar-refractivity contribution >= 4 is 40.7 Å². The molecule has 0 saturated carbocycles. The number of piperidine rings is 1. The fraction of sp³-hybridized carbons (Fsp3) is 0.611. The molecule has 142 valence electrons. The Balaban J connectivity index is 0.00000312. The molecule has 1 atom stereocenters. The first-order valence-electron chi connectivity index (χ1n) is 8.86. The summed E-state index contributed by atoms with van der Waals surface area (Å²) >= 11 is 0. The van der Waals surface area contributed by atoms with Crippen molar-refractivity contribution in [1.29, 1.82) is 0 Å². The molecule has 25 heavy (non-hydrogen) atoms. The van der Waals surface area contributed by atoms with Crippen molar-refractivity contribution in [2.75, 3.05) is 39.0 Å². The summed E-state index contributed by atoms with van der Waals surface area (Å²) in [4.78, 5) is 7.69. The molecule has 1 aliphatic heterocycles. The minimum atomic E-state index is -0.968. The Kier molecular flexibility index (Phi) is 11.3. The highest BCUT2D eigenvalue weighted by molar-refractivity contribution is 14.0. The van der Waals surface area contributed by atoms with E-state index in [1.807, 2.05) is 30.3 Å². The summed E-state index contributed by atoms with van der Waals surface area (Å²) in [6.07, 6.45) is 3.52. The van der Waals surface area contributed by atoms with E-state index in [2.05, 4.69) is 27.4 Å². The molecule has 1 aromatic rings. The van der Waals surface area contributed by atoms with E-state index >= 15 is 0 Å². The standard InChI is InChI=1S/C18H30N4OS.HI/c1-3-12-22-13-9-16(10-14-22)21-18(19-2)20-11-15-24(23)17-7-5-4-6-8-17;/h4-8,16H,3,9-15H2,1-2H3,(H2,19,20,21);1H. The van der Waals surface area contributed by atoms with Gasteiger partial charge in [0, 0.05) is 43.4 Å². The van der Waals surface area contributed by atoms with Gasteiger partial charge < -0.3 is 15.5 Å². The van der Waals surface area contributed by atoms with E-state index in [9.17, 15) is 4.21 Å². The van der Waals surface area contributed by atoms with Crippen LogP contribution in [0.2, 0.25) is 0 Å². The second kappa shape index (κ2) is 12.6. The minimum Gasteiger partial charge on any atom is -0.355 e. The van der Waals surface area contributed by atoms with Crippen molar-refractivity contribution in [3.8, 4) is 0 Å². The molecule has 1 aliphatic rings. The van der Waals surface area contributed by atoms with E-state index in [0.29, 0.717) is 18.3 Å². The molecular formula is C18H31IN4OS. The summed E-state index contributed by atoms with van der Waals surface area (Å²) in [6.45, 7) is 6.39. The average molecular weight is 478 g/mol. The number of halogens is 1. The molecular weight excluding hydrogens is 447 g/mol. The van der Waals surface area contributed by atoms with Gasteiger partial charge in [-0.2, -0.15) is 0 Å². The van der Waals surface area contributed by atoms with Gasteiger partial charge in [0.25, 0.3) is 0 Å². The van der Waals surface area contributed by atoms with Crippen molar-refractivity contribution in [2.45, 2.75) is 37.1 Å². The second-order valence-electron chi connectivity index (χ2n) is 6.12. The lowest BCUT2D eigenvalue weighted by atomic mass is 10.1. The number of rotatable bonds is 7. The average Bonchev–Trinajstić information content (AvgIpc) is 2.63. The van der Waals surface area contributed by atoms with E-state index in [-0.39, 0.29) is 24.0 Å². The molecule has 7 heteroatoms. The highest BCUT2D eigenvalue weighted by Gasteiger charge is 2.19. The van der Waals surface area contributed by atoms with E-state index < -0.39 is 10.8 Å². The van der Waals surface area contributed by atoms with Crippen LogP contribution in [0.15, 0.2) is 40.2 Å². The molecule has 1 fully saturated rings. The predicted octanol–water partition coefficient (Wildman–Crippen LogP) is 2.45. The summed E-state index contributed by atoms with van der Waals surface area (Å²) in [5, 5.41) is 6.78. The van der Waals surface area contributed by atoms with E-state index in [1.165, 1.54) is 13.0 Å². The number of hydrogen-bond acceptors (Lipinski definition) is 3. The normalized spacial score (nSPS) is 17.6. The van der Waals surface area contributed by atoms with Crippen LogP contribution in [0.25, 0.3) is 0 Å². The van der Waals surface area contributed by atoms with Gasteiger partial charge >= 0.3 is 0 Å². The molecule has 0 bridgehead atoms. The van der Waals surface area contributed by atoms with Crippen LogP contribution in [-0.4, -0.2) is 60.1 Å². The topological polar surface area (TPSA) is 56.7 Å². The maximum atomic E-state index is 12.2. The van der Waals surface area contributed by atoms with E-state index in [4.69, 9.17) is 0 Å². The highest BCUT2D eigenvalue weighted by atomic mass is 127. The number of nitrogens with zero attached hydrogens (tertiary/aromatic N) is 2. The minimum absolute atomic E-state index is 0. The van der Waals surface area contributed by atoms with Crippen molar-refractivity contribution in [2.24, 2.45) is 4.99 Å². The fourth-order valence-corrected chi connectivity index (χ4v) is 3.94. The van der Waals surface area contributed by atoms with Crippen LogP contribution in [-0.2, 0) is 10.8 Å². The Bertz CT molecular complexity index is 533. The molecule has 1 saturated heterocycles. The van der Waals surface area contributed by atoms with Crippen LogP contribution >= 0.6 is 24.0 Å². The van der Waals surface area contributed by atoms with Crippen LogP contribution in [0.5, 0.6) is 0 Å². The summed E-state index contributed by atoms with van der Waals surface area (Å²) in [5.41, 5.74) is 0. The largest absolute Gasteiger partial charge is 0.355 e. The Morgan fingerprint density at radius 1 is 1.28 bits per heavy atom. The zero-order valence-corrected chi connectivity index (χ0v) is 18.4. The molecule has 2 rings (SSSR count). The van der Waals surface area contributed by atoms with Crippen LogP contribution < -0.4 is 10.6 Å². The molecule has 0 aromatic heterocycles. The van der Waals surface area contributed by atoms with E-state index in [1.54, 1.807) is 7.05 Å². The molecule has 0 aliphatic carbocycles. The third kappa shape index (κ3) is 8.04. The first kappa shape index (κ1) is 22.4. The molecule has 1 heterocycles. The van der Waals surface area contributed by atoms with Gasteiger partial charge in [-0.15, -0.1) is 24.0 Å². The number of likely N-dealkylation sites (tertiary alicyclic amines) is 1. The molecule has 0 radical (unpaired) electrons. The van der Waals surface area contributed by atoms with Crippen molar-refractivity contribution in [3.05, 3.63) is 30.3 Å². The zero-order valence-electron chi connectivity index (χ0n) is 15.2. The Hall–Kier alpha value is -0.670. The third-order valence-corrected chi connectivity index (χ3v) is 5.65.